The summed E-state index contributed by atoms with van der Waals surface area (Å²) < 4.78 is 2.70. The van der Waals surface area contributed by atoms with E-state index in [0.717, 1.165) is 30.1 Å². The molecule has 70 heavy (non-hydrogen) atoms. The molecule has 1 heterocycles. The van der Waals surface area contributed by atoms with Gasteiger partial charge in [-0.1, -0.05) is 172 Å². The van der Waals surface area contributed by atoms with Crippen LogP contribution in [0.4, 0.5) is 17.1 Å². The Bertz CT molecular complexity index is 3680. The summed E-state index contributed by atoms with van der Waals surface area (Å²) in [5.74, 6) is 4.78. The molecule has 7 aliphatic carbocycles. The van der Waals surface area contributed by atoms with Crippen LogP contribution in [0.3, 0.4) is 0 Å². The molecule has 0 radical (unpaired) electrons. The first-order chi connectivity index (χ1) is 34.6. The van der Waals surface area contributed by atoms with Crippen molar-refractivity contribution in [1.82, 2.24) is 0 Å². The Hall–Kier alpha value is -6.48. The van der Waals surface area contributed by atoms with Crippen molar-refractivity contribution >= 4 is 70.5 Å². The topological polar surface area (TPSA) is 3.24 Å². The average molecular weight is 920 g/mol. The predicted octanol–water partition coefficient (Wildman–Crippen LogP) is 18.9. The van der Waals surface area contributed by atoms with E-state index in [4.69, 9.17) is 0 Å². The van der Waals surface area contributed by atoms with E-state index in [0.29, 0.717) is 17.3 Å². The lowest BCUT2D eigenvalue weighted by molar-refractivity contribution is -0.412. The number of fused-ring (bicyclic) bond motifs is 10. The van der Waals surface area contributed by atoms with Gasteiger partial charge in [0.1, 0.15) is 0 Å². The first-order valence-electron chi connectivity index (χ1n) is 26.7. The molecule has 0 N–H and O–H groups in total. The Kier molecular flexibility index (Phi) is 8.50. The molecule has 0 bridgehead atoms. The third-order valence-corrected chi connectivity index (χ3v) is 21.1. The SMILES string of the molecule is CC1CC2=C(C=C1c1ccc(N(c3ccc(-c4cccc5c4sc4ccccc45)cc3)c3ccccc3-c3cccc4cccc(C5CCCCC5)c34)cc1)C1(c3ccccc32)C2CC3CC4CC1C342. The van der Waals surface area contributed by atoms with Crippen molar-refractivity contribution in [3.63, 3.8) is 0 Å². The molecule has 2 spiro atoms. The second-order valence-electron chi connectivity index (χ2n) is 22.5. The van der Waals surface area contributed by atoms with Crippen LogP contribution in [0.1, 0.15) is 92.9 Å². The second-order valence-corrected chi connectivity index (χ2v) is 23.6. The largest absolute Gasteiger partial charge is 0.310 e. The van der Waals surface area contributed by atoms with Gasteiger partial charge in [-0.05, 0) is 182 Å². The Balaban J connectivity index is 0.827. The van der Waals surface area contributed by atoms with Gasteiger partial charge < -0.3 is 4.90 Å². The molecular formula is C68H57NS. The maximum absolute atomic E-state index is 2.73. The van der Waals surface area contributed by atoms with E-state index in [1.807, 2.05) is 11.3 Å². The van der Waals surface area contributed by atoms with Crippen molar-refractivity contribution in [1.29, 1.82) is 0 Å². The Morgan fingerprint density at radius 1 is 0.543 bits per heavy atom. The molecule has 2 heteroatoms. The van der Waals surface area contributed by atoms with Crippen LogP contribution in [0.2, 0.25) is 0 Å². The van der Waals surface area contributed by atoms with E-state index in [1.54, 1.807) is 22.3 Å². The van der Waals surface area contributed by atoms with Crippen molar-refractivity contribution in [2.75, 3.05) is 4.90 Å². The van der Waals surface area contributed by atoms with Gasteiger partial charge in [-0.25, -0.2) is 0 Å². The molecule has 8 aromatic carbocycles. The number of hydrogen-bond acceptors (Lipinski definition) is 2. The predicted molar refractivity (Wildman–Crippen MR) is 295 cm³/mol. The van der Waals surface area contributed by atoms with Crippen molar-refractivity contribution in [2.24, 2.45) is 35.0 Å². The zero-order valence-electron chi connectivity index (χ0n) is 40.0. The first kappa shape index (κ1) is 40.3. The summed E-state index contributed by atoms with van der Waals surface area (Å²) in [6.45, 7) is 2.49. The molecular weight excluding hydrogens is 863 g/mol. The summed E-state index contributed by atoms with van der Waals surface area (Å²) in [5, 5.41) is 5.44. The number of para-hydroxylation sites is 1. The minimum absolute atomic E-state index is 0.248. The molecule has 5 fully saturated rings. The molecule has 5 atom stereocenters. The summed E-state index contributed by atoms with van der Waals surface area (Å²) in [6.07, 6.45) is 14.8. The summed E-state index contributed by atoms with van der Waals surface area (Å²) in [6, 6.07) is 67.8. The number of thiophene rings is 1. The monoisotopic (exact) mass is 919 g/mol. The molecule has 5 unspecified atom stereocenters. The van der Waals surface area contributed by atoms with E-state index in [2.05, 4.69) is 194 Å². The van der Waals surface area contributed by atoms with Gasteiger partial charge in [0.05, 0.1) is 5.69 Å². The van der Waals surface area contributed by atoms with Crippen LogP contribution < -0.4 is 4.90 Å². The van der Waals surface area contributed by atoms with Crippen LogP contribution in [0, 0.1) is 35.0 Å². The van der Waals surface area contributed by atoms with E-state index in [9.17, 15) is 0 Å². The van der Waals surface area contributed by atoms with Crippen molar-refractivity contribution < 1.29 is 0 Å². The van der Waals surface area contributed by atoms with Crippen molar-refractivity contribution in [3.05, 3.63) is 210 Å². The van der Waals surface area contributed by atoms with E-state index < -0.39 is 0 Å². The quantitative estimate of drug-likeness (QED) is 0.154. The molecule has 0 saturated heterocycles. The number of benzene rings is 8. The standard InChI is InChI=1S/C68H57NS/c1-41-36-58-52-18-5-8-25-59(52)68(63-38-46-37-47-39-64(68)67(46,47)63)60(58)40-57(41)44-30-34-49(35-31-44)69(48-32-28-43(29-33-48)51-22-13-24-56-54-20-7-10-27-62(54)70-66(51)56)61-26-9-6-19-53(61)55-23-12-17-45-16-11-21-50(65(45)55)42-14-3-2-4-15-42/h5-13,16-35,40-42,46-47,63-64H,2-4,14-15,36-39H2,1H3. The molecule has 340 valence electrons. The first-order valence-corrected chi connectivity index (χ1v) is 27.5. The number of hydrogen-bond donors (Lipinski definition) is 0. The molecule has 1 aromatic heterocycles. The van der Waals surface area contributed by atoms with Crippen molar-refractivity contribution in [2.45, 2.75) is 76.0 Å². The maximum Gasteiger partial charge on any atom is 0.0540 e. The lowest BCUT2D eigenvalue weighted by Gasteiger charge is -2.92. The normalized spacial score (nSPS) is 26.9. The lowest BCUT2D eigenvalue weighted by atomic mass is 9.11. The van der Waals surface area contributed by atoms with Gasteiger partial charge in [-0.15, -0.1) is 11.3 Å². The van der Waals surface area contributed by atoms with Crippen LogP contribution in [0.15, 0.2) is 188 Å². The number of anilines is 3. The lowest BCUT2D eigenvalue weighted by Crippen LogP contribution is -2.88. The zero-order chi connectivity index (χ0) is 45.9. The highest BCUT2D eigenvalue weighted by Gasteiger charge is 2.90. The molecule has 9 aromatic rings. The van der Waals surface area contributed by atoms with Gasteiger partial charge in [0.15, 0.2) is 0 Å². The minimum Gasteiger partial charge on any atom is -0.310 e. The fourth-order valence-electron chi connectivity index (χ4n) is 17.0. The zero-order valence-corrected chi connectivity index (χ0v) is 40.8. The number of allylic oxidation sites excluding steroid dienone is 4. The molecule has 1 nitrogen and oxygen atoms in total. The van der Waals surface area contributed by atoms with Gasteiger partial charge in [0.2, 0.25) is 0 Å². The molecule has 16 rings (SSSR count). The highest BCUT2D eigenvalue weighted by atomic mass is 32.1. The average Bonchev–Trinajstić information content (AvgIpc) is 3.95. The minimum atomic E-state index is 0.248. The molecule has 0 aliphatic heterocycles. The number of nitrogens with zero attached hydrogens (tertiary/aromatic N) is 1. The summed E-state index contributed by atoms with van der Waals surface area (Å²) >= 11 is 1.91. The maximum atomic E-state index is 2.73. The summed E-state index contributed by atoms with van der Waals surface area (Å²) in [5.41, 5.74) is 20.7. The smallest absolute Gasteiger partial charge is 0.0540 e. The fourth-order valence-corrected chi connectivity index (χ4v) is 18.3. The highest BCUT2D eigenvalue weighted by Crippen LogP contribution is 2.95. The van der Waals surface area contributed by atoms with Crippen LogP contribution in [0.5, 0.6) is 0 Å². The van der Waals surface area contributed by atoms with Gasteiger partial charge in [0, 0.05) is 42.5 Å². The van der Waals surface area contributed by atoms with Crippen LogP contribution in [-0.2, 0) is 5.41 Å². The fraction of sp³-hybridized carbons (Fsp3) is 0.265. The third kappa shape index (κ3) is 5.18. The second kappa shape index (κ2) is 14.8. The Morgan fingerprint density at radius 3 is 1.97 bits per heavy atom. The van der Waals surface area contributed by atoms with Gasteiger partial charge in [0.25, 0.3) is 0 Å². The van der Waals surface area contributed by atoms with E-state index >= 15 is 0 Å². The molecule has 5 saturated carbocycles. The summed E-state index contributed by atoms with van der Waals surface area (Å²) in [4.78, 5) is 2.54. The van der Waals surface area contributed by atoms with Crippen LogP contribution in [0.25, 0.3) is 64.3 Å². The van der Waals surface area contributed by atoms with Crippen molar-refractivity contribution in [3.8, 4) is 22.3 Å². The summed E-state index contributed by atoms with van der Waals surface area (Å²) in [7, 11) is 0. The van der Waals surface area contributed by atoms with E-state index in [1.165, 1.54) is 138 Å². The van der Waals surface area contributed by atoms with Crippen LogP contribution >= 0.6 is 11.3 Å². The molecule has 0 amide bonds. The highest BCUT2D eigenvalue weighted by molar-refractivity contribution is 7.26. The molecule has 7 aliphatic rings. The third-order valence-electron chi connectivity index (χ3n) is 19.9. The Morgan fingerprint density at radius 2 is 1.19 bits per heavy atom. The van der Waals surface area contributed by atoms with Gasteiger partial charge in [-0.2, -0.15) is 0 Å². The van der Waals surface area contributed by atoms with Crippen LogP contribution in [-0.4, -0.2) is 0 Å². The van der Waals surface area contributed by atoms with Gasteiger partial charge in [-0.3, -0.25) is 0 Å². The number of rotatable bonds is 7. The Labute approximate surface area is 416 Å². The van der Waals surface area contributed by atoms with Gasteiger partial charge >= 0.3 is 0 Å². The van der Waals surface area contributed by atoms with E-state index in [-0.39, 0.29) is 5.41 Å².